The molecule has 0 spiro atoms. The first-order valence-corrected chi connectivity index (χ1v) is 31.8. The third-order valence-electron chi connectivity index (χ3n) is 14.1. The van der Waals surface area contributed by atoms with E-state index in [1.807, 2.05) is 21.1 Å². The van der Waals surface area contributed by atoms with Gasteiger partial charge in [0.15, 0.2) is 6.10 Å². The lowest BCUT2D eigenvalue weighted by atomic mass is 10.0. The zero-order valence-electron chi connectivity index (χ0n) is 50.0. The summed E-state index contributed by atoms with van der Waals surface area (Å²) in [4.78, 5) is 37.4. The summed E-state index contributed by atoms with van der Waals surface area (Å²) in [7, 11) is 5.97. The van der Waals surface area contributed by atoms with Crippen LogP contribution >= 0.6 is 0 Å². The van der Waals surface area contributed by atoms with Gasteiger partial charge in [-0.05, 0) is 70.6 Å². The monoisotopic (exact) mass is 1060 g/mol. The van der Waals surface area contributed by atoms with Crippen LogP contribution in [0.1, 0.15) is 296 Å². The molecule has 9 nitrogen and oxygen atoms in total. The van der Waals surface area contributed by atoms with E-state index < -0.39 is 24.3 Å². The fourth-order valence-electron chi connectivity index (χ4n) is 9.20. The maximum absolute atomic E-state index is 12.8. The van der Waals surface area contributed by atoms with Crippen molar-refractivity contribution in [3.05, 3.63) is 48.6 Å². The third kappa shape index (κ3) is 58.8. The predicted molar refractivity (Wildman–Crippen MR) is 318 cm³/mol. The smallest absolute Gasteiger partial charge is 0.361 e. The van der Waals surface area contributed by atoms with E-state index in [1.54, 1.807) is 0 Å². The van der Waals surface area contributed by atoms with E-state index in [0.717, 1.165) is 70.6 Å². The summed E-state index contributed by atoms with van der Waals surface area (Å²) in [5.41, 5.74) is 0. The first-order chi connectivity index (χ1) is 36.6. The minimum absolute atomic E-state index is 0.184. The molecule has 438 valence electrons. The Morgan fingerprint density at radius 1 is 0.413 bits per heavy atom. The fraction of sp³-hybridized carbons (Fsp3) is 0.833. The maximum atomic E-state index is 12.8. The third-order valence-corrected chi connectivity index (χ3v) is 14.1. The van der Waals surface area contributed by atoms with Crippen molar-refractivity contribution in [2.75, 3.05) is 47.5 Å². The Balaban J connectivity index is 3.99. The average molecular weight is 1060 g/mol. The second kappa shape index (κ2) is 57.4. The van der Waals surface area contributed by atoms with Crippen LogP contribution < -0.4 is 0 Å². The second-order valence-corrected chi connectivity index (χ2v) is 22.7. The van der Waals surface area contributed by atoms with Crippen LogP contribution in [0, 0.1) is 0 Å². The fourth-order valence-corrected chi connectivity index (χ4v) is 9.20. The highest BCUT2D eigenvalue weighted by atomic mass is 16.7. The Hall–Kier alpha value is -2.75. The number of hydrogen-bond acceptors (Lipinski definition) is 7. The van der Waals surface area contributed by atoms with Crippen LogP contribution in [0.2, 0.25) is 0 Å². The highest BCUT2D eigenvalue weighted by molar-refractivity contribution is 5.71. The van der Waals surface area contributed by atoms with Crippen molar-refractivity contribution in [3.8, 4) is 0 Å². The molecule has 0 aliphatic heterocycles. The zero-order chi connectivity index (χ0) is 54.8. The van der Waals surface area contributed by atoms with E-state index >= 15 is 0 Å². The molecule has 0 saturated heterocycles. The molecule has 1 N–H and O–H groups in total. The van der Waals surface area contributed by atoms with Crippen molar-refractivity contribution in [1.29, 1.82) is 0 Å². The number of allylic oxidation sites excluding steroid dienone is 8. The molecule has 0 saturated carbocycles. The molecule has 0 aromatic rings. The number of nitrogens with zero attached hydrogens (tertiary/aromatic N) is 1. The molecule has 0 amide bonds. The Kier molecular flexibility index (Phi) is 55.3. The number of unbranched alkanes of at least 4 members (excludes halogenated alkanes) is 36. The van der Waals surface area contributed by atoms with Gasteiger partial charge in [0.05, 0.1) is 34.4 Å². The Morgan fingerprint density at radius 3 is 1.15 bits per heavy atom. The van der Waals surface area contributed by atoms with Crippen LogP contribution in [0.3, 0.4) is 0 Å². The molecule has 0 aliphatic carbocycles. The average Bonchev–Trinajstić information content (AvgIpc) is 3.38. The first-order valence-electron chi connectivity index (χ1n) is 31.8. The van der Waals surface area contributed by atoms with Gasteiger partial charge in [-0.3, -0.25) is 9.59 Å². The van der Waals surface area contributed by atoms with Crippen molar-refractivity contribution < 1.29 is 42.9 Å². The number of hydrogen-bond donors (Lipinski definition) is 1. The van der Waals surface area contributed by atoms with Crippen molar-refractivity contribution >= 4 is 17.9 Å². The number of aliphatic carboxylic acids is 1. The van der Waals surface area contributed by atoms with Gasteiger partial charge in [-0.2, -0.15) is 0 Å². The largest absolute Gasteiger partial charge is 0.477 e. The van der Waals surface area contributed by atoms with E-state index in [4.69, 9.17) is 18.9 Å². The first kappa shape index (κ1) is 72.2. The summed E-state index contributed by atoms with van der Waals surface area (Å²) in [6.07, 6.45) is 69.5. The van der Waals surface area contributed by atoms with Gasteiger partial charge in [-0.1, -0.05) is 262 Å². The van der Waals surface area contributed by atoms with Crippen molar-refractivity contribution in [2.24, 2.45) is 0 Å². The summed E-state index contributed by atoms with van der Waals surface area (Å²) in [6.45, 7) is 4.77. The van der Waals surface area contributed by atoms with Gasteiger partial charge in [0, 0.05) is 12.8 Å². The number of carboxylic acids is 1. The van der Waals surface area contributed by atoms with Crippen LogP contribution in [-0.2, 0) is 33.3 Å². The summed E-state index contributed by atoms with van der Waals surface area (Å²) in [6, 6.07) is 0. The number of carbonyl (C=O) groups is 3. The van der Waals surface area contributed by atoms with E-state index in [-0.39, 0.29) is 32.2 Å². The molecule has 0 aromatic heterocycles. The zero-order valence-corrected chi connectivity index (χ0v) is 50.0. The highest BCUT2D eigenvalue weighted by Crippen LogP contribution is 2.18. The Labute approximate surface area is 463 Å². The lowest BCUT2D eigenvalue weighted by molar-refractivity contribution is -0.870. The van der Waals surface area contributed by atoms with Gasteiger partial charge in [0.2, 0.25) is 0 Å². The highest BCUT2D eigenvalue weighted by Gasteiger charge is 2.25. The second-order valence-electron chi connectivity index (χ2n) is 22.7. The summed E-state index contributed by atoms with van der Waals surface area (Å²) < 4.78 is 22.9. The van der Waals surface area contributed by atoms with Crippen LogP contribution in [0.5, 0.6) is 0 Å². The van der Waals surface area contributed by atoms with Crippen LogP contribution in [0.15, 0.2) is 48.6 Å². The SMILES string of the molecule is CC/C=C\C/C=C\C/C=C\CCCCCCCC(=O)OC(COC(=O)CCCCCCCCCCCCCCCCCCCCCCCCC/C=C\CCCCCCCCCC)COC(OCC[N+](C)(C)C)C(=O)O. The molecule has 0 heterocycles. The van der Waals surface area contributed by atoms with E-state index in [2.05, 4.69) is 62.5 Å². The molecule has 2 unspecified atom stereocenters. The molecule has 75 heavy (non-hydrogen) atoms. The van der Waals surface area contributed by atoms with Gasteiger partial charge in [-0.25, -0.2) is 4.79 Å². The quantitative estimate of drug-likeness (QED) is 0.0211. The molecule has 0 aromatic carbocycles. The molecular formula is C66H122NO8+. The van der Waals surface area contributed by atoms with Crippen LogP contribution in [0.4, 0.5) is 0 Å². The minimum atomic E-state index is -1.51. The van der Waals surface area contributed by atoms with Gasteiger partial charge in [-0.15, -0.1) is 0 Å². The number of carboxylic acid groups (broad SMARTS) is 1. The number of quaternary nitrogens is 1. The Morgan fingerprint density at radius 2 is 0.760 bits per heavy atom. The molecule has 0 aliphatic rings. The van der Waals surface area contributed by atoms with E-state index in [0.29, 0.717) is 23.9 Å². The lowest BCUT2D eigenvalue weighted by Crippen LogP contribution is -2.40. The molecule has 2 atom stereocenters. The molecular weight excluding hydrogens is 935 g/mol. The van der Waals surface area contributed by atoms with Crippen molar-refractivity contribution in [3.63, 3.8) is 0 Å². The lowest BCUT2D eigenvalue weighted by Gasteiger charge is -2.25. The summed E-state index contributed by atoms with van der Waals surface area (Å²) >= 11 is 0. The molecule has 9 heteroatoms. The van der Waals surface area contributed by atoms with Crippen LogP contribution in [-0.4, -0.2) is 87.4 Å². The van der Waals surface area contributed by atoms with E-state index in [1.165, 1.54) is 193 Å². The van der Waals surface area contributed by atoms with Gasteiger partial charge in [0.1, 0.15) is 13.2 Å². The number of esters is 2. The number of likely N-dealkylation sites (N-methyl/N-ethyl adjacent to an activating group) is 1. The summed E-state index contributed by atoms with van der Waals surface area (Å²) in [5.74, 6) is -2.02. The van der Waals surface area contributed by atoms with Gasteiger partial charge in [0.25, 0.3) is 6.29 Å². The maximum Gasteiger partial charge on any atom is 0.361 e. The predicted octanol–water partition coefficient (Wildman–Crippen LogP) is 19.0. The van der Waals surface area contributed by atoms with Crippen molar-refractivity contribution in [1.82, 2.24) is 0 Å². The molecule has 0 rings (SSSR count). The van der Waals surface area contributed by atoms with Crippen molar-refractivity contribution in [2.45, 2.75) is 309 Å². The normalized spacial score (nSPS) is 13.0. The molecule has 0 radical (unpaired) electrons. The number of carbonyl (C=O) groups excluding carboxylic acids is 2. The topological polar surface area (TPSA) is 108 Å². The van der Waals surface area contributed by atoms with Gasteiger partial charge < -0.3 is 28.5 Å². The minimum Gasteiger partial charge on any atom is -0.477 e. The Bertz CT molecular complexity index is 1370. The van der Waals surface area contributed by atoms with Crippen LogP contribution in [0.25, 0.3) is 0 Å². The standard InChI is InChI=1S/C66H121NO8/c1-6-8-10-12-14-16-18-20-22-23-24-25-26-27-28-29-30-31-32-33-34-35-36-37-38-39-40-41-43-44-46-48-50-52-54-56-63(68)73-60-62(61-74-66(65(70)71)72-59-58-67(3,4)5)75-64(69)57-55-53-51-49-47-45-42-21-19-17-15-13-11-9-7-2/h9,11,15,17,21,23-24,42,62,66H,6-8,10,12-14,16,18-20,22,25-41,43-61H2,1-5H3/p+1/b11-9-,17-15-,24-23-,42-21-. The molecule has 0 fully saturated rings. The number of rotatable bonds is 59. The summed E-state index contributed by atoms with van der Waals surface area (Å²) in [5, 5.41) is 9.70. The number of ether oxygens (including phenoxy) is 4. The van der Waals surface area contributed by atoms with E-state index in [9.17, 15) is 19.5 Å². The molecule has 0 bridgehead atoms. The van der Waals surface area contributed by atoms with Gasteiger partial charge >= 0.3 is 17.9 Å².